The number of anilines is 2. The lowest BCUT2D eigenvalue weighted by atomic mass is 10.1. The molecule has 2 amide bonds. The number of rotatable bonds is 3. The van der Waals surface area contributed by atoms with E-state index in [9.17, 15) is 9.59 Å². The van der Waals surface area contributed by atoms with E-state index in [1.54, 1.807) is 4.90 Å². The van der Waals surface area contributed by atoms with Gasteiger partial charge in [-0.15, -0.1) is 0 Å². The number of nitrogens with one attached hydrogen (secondary N) is 1. The summed E-state index contributed by atoms with van der Waals surface area (Å²) in [6, 6.07) is 15.3. The van der Waals surface area contributed by atoms with Gasteiger partial charge in [-0.1, -0.05) is 17.7 Å². The van der Waals surface area contributed by atoms with E-state index in [0.29, 0.717) is 18.7 Å². The van der Waals surface area contributed by atoms with Crippen LogP contribution in [0.1, 0.15) is 36.7 Å². The van der Waals surface area contributed by atoms with Gasteiger partial charge in [-0.3, -0.25) is 4.79 Å². The molecule has 0 spiro atoms. The van der Waals surface area contributed by atoms with Gasteiger partial charge in [0.1, 0.15) is 5.60 Å². The Balaban J connectivity index is 1.55. The van der Waals surface area contributed by atoms with Crippen molar-refractivity contribution in [1.82, 2.24) is 4.90 Å². The van der Waals surface area contributed by atoms with Crippen LogP contribution in [-0.2, 0) is 4.74 Å². The van der Waals surface area contributed by atoms with Gasteiger partial charge in [0.15, 0.2) is 0 Å². The molecular formula is C23H29N3O3. The first kappa shape index (κ1) is 20.7. The van der Waals surface area contributed by atoms with Crippen LogP contribution in [0.25, 0.3) is 0 Å². The fraction of sp³-hybridized carbons (Fsp3) is 0.391. The predicted molar refractivity (Wildman–Crippen MR) is 116 cm³/mol. The van der Waals surface area contributed by atoms with Crippen molar-refractivity contribution >= 4 is 23.4 Å². The molecule has 3 rings (SSSR count). The van der Waals surface area contributed by atoms with Gasteiger partial charge >= 0.3 is 6.09 Å². The number of nitrogens with zero attached hydrogens (tertiary/aromatic N) is 2. The standard InChI is InChI=1S/C23H29N3O3/c1-17-5-9-19(10-6-17)24-21(27)18-7-11-20(12-8-18)25-13-15-26(16-14-25)22(28)29-23(2,3)4/h5-12H,13-16H2,1-4H3,(H,24,27). The zero-order valence-electron chi connectivity index (χ0n) is 17.6. The summed E-state index contributed by atoms with van der Waals surface area (Å²) in [7, 11) is 0. The van der Waals surface area contributed by atoms with Crippen molar-refractivity contribution in [2.75, 3.05) is 36.4 Å². The topological polar surface area (TPSA) is 61.9 Å². The van der Waals surface area contributed by atoms with Crippen LogP contribution in [0.2, 0.25) is 0 Å². The van der Waals surface area contributed by atoms with Crippen molar-refractivity contribution in [3.8, 4) is 0 Å². The van der Waals surface area contributed by atoms with E-state index in [1.165, 1.54) is 0 Å². The molecule has 1 aliphatic heterocycles. The molecule has 1 aliphatic rings. The van der Waals surface area contributed by atoms with E-state index in [4.69, 9.17) is 4.74 Å². The number of benzene rings is 2. The molecular weight excluding hydrogens is 366 g/mol. The maximum atomic E-state index is 12.4. The zero-order chi connectivity index (χ0) is 21.0. The van der Waals surface area contributed by atoms with Crippen molar-refractivity contribution < 1.29 is 14.3 Å². The highest BCUT2D eigenvalue weighted by molar-refractivity contribution is 6.04. The first-order valence-corrected chi connectivity index (χ1v) is 9.92. The van der Waals surface area contributed by atoms with E-state index in [-0.39, 0.29) is 12.0 Å². The monoisotopic (exact) mass is 395 g/mol. The summed E-state index contributed by atoms with van der Waals surface area (Å²) in [5.41, 5.74) is 3.10. The number of hydrogen-bond donors (Lipinski definition) is 1. The van der Waals surface area contributed by atoms with Crippen LogP contribution < -0.4 is 10.2 Å². The summed E-state index contributed by atoms with van der Waals surface area (Å²) < 4.78 is 5.44. The summed E-state index contributed by atoms with van der Waals surface area (Å²) in [4.78, 5) is 28.6. The van der Waals surface area contributed by atoms with Gasteiger partial charge in [0, 0.05) is 43.1 Å². The number of aryl methyl sites for hydroxylation is 1. The SMILES string of the molecule is Cc1ccc(NC(=O)c2ccc(N3CCN(C(=O)OC(C)(C)C)CC3)cc2)cc1. The maximum Gasteiger partial charge on any atom is 0.410 e. The summed E-state index contributed by atoms with van der Waals surface area (Å²) >= 11 is 0. The van der Waals surface area contributed by atoms with Crippen molar-refractivity contribution in [3.05, 3.63) is 59.7 Å². The largest absolute Gasteiger partial charge is 0.444 e. The first-order valence-electron chi connectivity index (χ1n) is 9.92. The number of carbonyl (C=O) groups is 2. The predicted octanol–water partition coefficient (Wildman–Crippen LogP) is 4.30. The van der Waals surface area contributed by atoms with Crippen LogP contribution in [-0.4, -0.2) is 48.7 Å². The second kappa shape index (κ2) is 8.55. The van der Waals surface area contributed by atoms with Crippen molar-refractivity contribution in [1.29, 1.82) is 0 Å². The molecule has 6 heteroatoms. The molecule has 1 fully saturated rings. The summed E-state index contributed by atoms with van der Waals surface area (Å²) in [5.74, 6) is -0.129. The highest BCUT2D eigenvalue weighted by Crippen LogP contribution is 2.19. The molecule has 1 heterocycles. The summed E-state index contributed by atoms with van der Waals surface area (Å²) in [6.45, 7) is 10.3. The molecule has 29 heavy (non-hydrogen) atoms. The highest BCUT2D eigenvalue weighted by Gasteiger charge is 2.26. The minimum atomic E-state index is -0.483. The van der Waals surface area contributed by atoms with Gasteiger partial charge in [-0.2, -0.15) is 0 Å². The number of ether oxygens (including phenoxy) is 1. The fourth-order valence-corrected chi connectivity index (χ4v) is 3.14. The van der Waals surface area contributed by atoms with Crippen LogP contribution in [0.5, 0.6) is 0 Å². The van der Waals surface area contributed by atoms with Gasteiger partial charge in [-0.05, 0) is 64.1 Å². The van der Waals surface area contributed by atoms with Gasteiger partial charge in [0.2, 0.25) is 0 Å². The molecule has 2 aromatic rings. The molecule has 154 valence electrons. The van der Waals surface area contributed by atoms with Gasteiger partial charge in [0.05, 0.1) is 0 Å². The first-order chi connectivity index (χ1) is 13.7. The molecule has 1 N–H and O–H groups in total. The molecule has 1 saturated heterocycles. The Labute approximate surface area is 172 Å². The molecule has 0 saturated carbocycles. The molecule has 0 unspecified atom stereocenters. The van der Waals surface area contributed by atoms with Gasteiger partial charge in [-0.25, -0.2) is 4.79 Å². The molecule has 2 aromatic carbocycles. The third-order valence-electron chi connectivity index (χ3n) is 4.74. The molecule has 6 nitrogen and oxygen atoms in total. The van der Waals surface area contributed by atoms with Crippen molar-refractivity contribution in [3.63, 3.8) is 0 Å². The van der Waals surface area contributed by atoms with Gasteiger partial charge in [0.25, 0.3) is 5.91 Å². The molecule has 0 radical (unpaired) electrons. The number of carbonyl (C=O) groups excluding carboxylic acids is 2. The number of hydrogen-bond acceptors (Lipinski definition) is 4. The second-order valence-electron chi connectivity index (χ2n) is 8.32. The van der Waals surface area contributed by atoms with E-state index in [2.05, 4.69) is 10.2 Å². The lowest BCUT2D eigenvalue weighted by Gasteiger charge is -2.36. The quantitative estimate of drug-likeness (QED) is 0.841. The summed E-state index contributed by atoms with van der Waals surface area (Å²) in [6.07, 6.45) is -0.264. The van der Waals surface area contributed by atoms with E-state index < -0.39 is 5.60 Å². The highest BCUT2D eigenvalue weighted by atomic mass is 16.6. The minimum Gasteiger partial charge on any atom is -0.444 e. The number of amides is 2. The Morgan fingerprint density at radius 1 is 0.897 bits per heavy atom. The lowest BCUT2D eigenvalue weighted by molar-refractivity contribution is 0.0240. The summed E-state index contributed by atoms with van der Waals surface area (Å²) in [5, 5.41) is 2.91. The fourth-order valence-electron chi connectivity index (χ4n) is 3.14. The smallest absolute Gasteiger partial charge is 0.410 e. The Bertz CT molecular complexity index is 846. The van der Waals surface area contributed by atoms with Crippen LogP contribution in [0.15, 0.2) is 48.5 Å². The van der Waals surface area contributed by atoms with Crippen LogP contribution in [0.3, 0.4) is 0 Å². The zero-order valence-corrected chi connectivity index (χ0v) is 17.6. The Hall–Kier alpha value is -3.02. The van der Waals surface area contributed by atoms with Crippen LogP contribution in [0.4, 0.5) is 16.2 Å². The molecule has 0 aromatic heterocycles. The minimum absolute atomic E-state index is 0.129. The van der Waals surface area contributed by atoms with E-state index in [1.807, 2.05) is 76.2 Å². The van der Waals surface area contributed by atoms with E-state index >= 15 is 0 Å². The van der Waals surface area contributed by atoms with Gasteiger partial charge < -0.3 is 19.9 Å². The van der Waals surface area contributed by atoms with Crippen molar-refractivity contribution in [2.24, 2.45) is 0 Å². The van der Waals surface area contributed by atoms with Crippen molar-refractivity contribution in [2.45, 2.75) is 33.3 Å². The lowest BCUT2D eigenvalue weighted by Crippen LogP contribution is -2.50. The maximum absolute atomic E-state index is 12.4. The molecule has 0 atom stereocenters. The average Bonchev–Trinajstić information content (AvgIpc) is 2.69. The third-order valence-corrected chi connectivity index (χ3v) is 4.74. The van der Waals surface area contributed by atoms with Crippen LogP contribution >= 0.6 is 0 Å². The number of piperazine rings is 1. The molecule has 0 bridgehead atoms. The normalized spacial score (nSPS) is 14.5. The Morgan fingerprint density at radius 2 is 1.48 bits per heavy atom. The van der Waals surface area contributed by atoms with E-state index in [0.717, 1.165) is 30.0 Å². The Morgan fingerprint density at radius 3 is 2.03 bits per heavy atom. The van der Waals surface area contributed by atoms with Crippen LogP contribution in [0, 0.1) is 6.92 Å². The third kappa shape index (κ3) is 5.73. The average molecular weight is 396 g/mol. The molecule has 0 aliphatic carbocycles. The Kier molecular flexibility index (Phi) is 6.11. The second-order valence-corrected chi connectivity index (χ2v) is 8.32.